The van der Waals surface area contributed by atoms with Gasteiger partial charge in [-0.3, -0.25) is 14.4 Å². The van der Waals surface area contributed by atoms with Gasteiger partial charge in [0, 0.05) is 20.8 Å². The van der Waals surface area contributed by atoms with Crippen LogP contribution in [-0.2, 0) is 28.6 Å². The lowest BCUT2D eigenvalue weighted by Gasteiger charge is -2.29. The van der Waals surface area contributed by atoms with Gasteiger partial charge in [0.2, 0.25) is 0 Å². The number of rotatable bonds is 3. The highest BCUT2D eigenvalue weighted by atomic mass is 16.6. The van der Waals surface area contributed by atoms with Crippen molar-refractivity contribution >= 4 is 17.9 Å². The number of hydrogen-bond acceptors (Lipinski definition) is 6. The summed E-state index contributed by atoms with van der Waals surface area (Å²) < 4.78 is 15.4. The topological polar surface area (TPSA) is 99.1 Å². The summed E-state index contributed by atoms with van der Waals surface area (Å²) in [6.45, 7) is 5.68. The molecule has 0 aliphatic carbocycles. The van der Waals surface area contributed by atoms with E-state index >= 15 is 0 Å². The lowest BCUT2D eigenvalue weighted by Crippen LogP contribution is -2.40. The number of carboxylic acid groups (broad SMARTS) is 1. The van der Waals surface area contributed by atoms with Crippen molar-refractivity contribution in [3.8, 4) is 0 Å². The molecule has 0 bridgehead atoms. The second kappa shape index (κ2) is 9.08. The highest BCUT2D eigenvalue weighted by Crippen LogP contribution is 2.16. The maximum Gasteiger partial charge on any atom is 0.303 e. The van der Waals surface area contributed by atoms with Crippen LogP contribution in [0.1, 0.15) is 27.7 Å². The molecule has 1 aliphatic heterocycles. The van der Waals surface area contributed by atoms with E-state index in [0.29, 0.717) is 0 Å². The summed E-state index contributed by atoms with van der Waals surface area (Å²) in [4.78, 5) is 30.6. The Morgan fingerprint density at radius 3 is 2.15 bits per heavy atom. The van der Waals surface area contributed by atoms with Crippen LogP contribution in [0.25, 0.3) is 0 Å². The van der Waals surface area contributed by atoms with E-state index in [9.17, 15) is 9.59 Å². The average Bonchev–Trinajstić information content (AvgIpc) is 2.28. The fraction of sp³-hybridized carbons (Fsp3) is 0.615. The summed E-state index contributed by atoms with van der Waals surface area (Å²) in [6.07, 6.45) is 2.55. The zero-order chi connectivity index (χ0) is 15.7. The molecule has 20 heavy (non-hydrogen) atoms. The number of aliphatic carboxylic acids is 1. The predicted molar refractivity (Wildman–Crippen MR) is 69.0 cm³/mol. The molecule has 1 rings (SSSR count). The molecule has 114 valence electrons. The van der Waals surface area contributed by atoms with Crippen LogP contribution in [0, 0.1) is 0 Å². The standard InChI is InChI=1S/C11H16O5.C2H4O2/c1-7-4-5-10(16-9(3)13)11(15-7)6-14-8(2)12;1-2(3)4/h4-5,7,10-11H,6H2,1-3H3;1H3,(H,3,4)/t7?,10-,11+;/m0./s1. The lowest BCUT2D eigenvalue weighted by molar-refractivity contribution is -0.162. The molecule has 3 atom stereocenters. The average molecular weight is 288 g/mol. The Kier molecular flexibility index (Phi) is 8.23. The molecule has 0 spiro atoms. The maximum atomic E-state index is 10.9. The number of carbonyl (C=O) groups excluding carboxylic acids is 2. The van der Waals surface area contributed by atoms with E-state index in [0.717, 1.165) is 6.92 Å². The molecule has 0 aromatic heterocycles. The van der Waals surface area contributed by atoms with Gasteiger partial charge in [-0.2, -0.15) is 0 Å². The third-order valence-corrected chi connectivity index (χ3v) is 2.08. The smallest absolute Gasteiger partial charge is 0.303 e. The molecule has 0 aromatic rings. The molecule has 0 saturated carbocycles. The van der Waals surface area contributed by atoms with Crippen LogP contribution in [0.4, 0.5) is 0 Å². The zero-order valence-corrected chi connectivity index (χ0v) is 12.0. The fourth-order valence-corrected chi connectivity index (χ4v) is 1.43. The first-order chi connectivity index (χ1) is 9.22. The Labute approximate surface area is 117 Å². The van der Waals surface area contributed by atoms with E-state index in [4.69, 9.17) is 24.1 Å². The normalized spacial score (nSPS) is 24.1. The summed E-state index contributed by atoms with van der Waals surface area (Å²) in [5, 5.41) is 7.42. The largest absolute Gasteiger partial charge is 0.481 e. The monoisotopic (exact) mass is 288 g/mol. The third-order valence-electron chi connectivity index (χ3n) is 2.08. The molecule has 1 heterocycles. The molecule has 7 nitrogen and oxygen atoms in total. The SMILES string of the molecule is CC(=O)O.CC(=O)OC[C@H]1OC(C)C=C[C@@H]1OC(C)=O. The van der Waals surface area contributed by atoms with Crippen molar-refractivity contribution in [2.24, 2.45) is 0 Å². The van der Waals surface area contributed by atoms with Crippen LogP contribution >= 0.6 is 0 Å². The van der Waals surface area contributed by atoms with Crippen LogP contribution in [0.2, 0.25) is 0 Å². The van der Waals surface area contributed by atoms with Gasteiger partial charge < -0.3 is 19.3 Å². The van der Waals surface area contributed by atoms with Crippen molar-refractivity contribution in [2.45, 2.75) is 46.0 Å². The Morgan fingerprint density at radius 2 is 1.70 bits per heavy atom. The van der Waals surface area contributed by atoms with Gasteiger partial charge >= 0.3 is 11.9 Å². The molecule has 0 radical (unpaired) electrons. The minimum Gasteiger partial charge on any atom is -0.481 e. The predicted octanol–water partition coefficient (Wildman–Crippen LogP) is 0.916. The maximum absolute atomic E-state index is 10.9. The highest BCUT2D eigenvalue weighted by Gasteiger charge is 2.28. The van der Waals surface area contributed by atoms with Gasteiger partial charge in [0.15, 0.2) is 0 Å². The molecule has 7 heteroatoms. The van der Waals surface area contributed by atoms with Crippen molar-refractivity contribution in [1.82, 2.24) is 0 Å². The fourth-order valence-electron chi connectivity index (χ4n) is 1.43. The molecule has 0 amide bonds. The van der Waals surface area contributed by atoms with Gasteiger partial charge in [-0.1, -0.05) is 6.08 Å². The molecule has 1 N–H and O–H groups in total. The van der Waals surface area contributed by atoms with Gasteiger partial charge in [-0.25, -0.2) is 0 Å². The van der Waals surface area contributed by atoms with Gasteiger partial charge in [-0.05, 0) is 13.0 Å². The minimum absolute atomic E-state index is 0.0765. The van der Waals surface area contributed by atoms with Crippen LogP contribution in [0.5, 0.6) is 0 Å². The zero-order valence-electron chi connectivity index (χ0n) is 12.0. The Morgan fingerprint density at radius 1 is 1.15 bits per heavy atom. The van der Waals surface area contributed by atoms with Crippen molar-refractivity contribution < 1.29 is 33.7 Å². The lowest BCUT2D eigenvalue weighted by atomic mass is 10.1. The van der Waals surface area contributed by atoms with E-state index in [1.807, 2.05) is 6.92 Å². The molecular weight excluding hydrogens is 268 g/mol. The first kappa shape index (κ1) is 18.1. The molecular formula is C13H20O7. The van der Waals surface area contributed by atoms with Gasteiger partial charge in [0.1, 0.15) is 18.8 Å². The summed E-state index contributed by atoms with van der Waals surface area (Å²) in [7, 11) is 0. The third kappa shape index (κ3) is 9.09. The number of esters is 2. The second-order valence-electron chi connectivity index (χ2n) is 4.16. The molecule has 0 saturated heterocycles. The minimum atomic E-state index is -0.833. The molecule has 0 aromatic carbocycles. The Balaban J connectivity index is 0.000000796. The highest BCUT2D eigenvalue weighted by molar-refractivity contribution is 5.66. The van der Waals surface area contributed by atoms with Crippen molar-refractivity contribution in [3.05, 3.63) is 12.2 Å². The number of hydrogen-bond donors (Lipinski definition) is 1. The van der Waals surface area contributed by atoms with Crippen LogP contribution in [0.15, 0.2) is 12.2 Å². The van der Waals surface area contributed by atoms with Gasteiger partial charge in [0.25, 0.3) is 5.97 Å². The molecule has 1 aliphatic rings. The van der Waals surface area contributed by atoms with Gasteiger partial charge in [0.05, 0.1) is 6.10 Å². The van der Waals surface area contributed by atoms with Crippen LogP contribution in [0.3, 0.4) is 0 Å². The Bertz CT molecular complexity index is 371. The number of ether oxygens (including phenoxy) is 3. The first-order valence-electron chi connectivity index (χ1n) is 6.06. The van der Waals surface area contributed by atoms with E-state index in [1.165, 1.54) is 13.8 Å². The van der Waals surface area contributed by atoms with Gasteiger partial charge in [-0.15, -0.1) is 0 Å². The summed E-state index contributed by atoms with van der Waals surface area (Å²) in [6, 6.07) is 0. The van der Waals surface area contributed by atoms with Crippen molar-refractivity contribution in [3.63, 3.8) is 0 Å². The van der Waals surface area contributed by atoms with Crippen molar-refractivity contribution in [2.75, 3.05) is 6.61 Å². The van der Waals surface area contributed by atoms with Crippen LogP contribution < -0.4 is 0 Å². The molecule has 1 unspecified atom stereocenters. The van der Waals surface area contributed by atoms with Crippen LogP contribution in [-0.4, -0.2) is 47.9 Å². The van der Waals surface area contributed by atoms with Crippen molar-refractivity contribution in [1.29, 1.82) is 0 Å². The Hall–Kier alpha value is -1.89. The number of carbonyl (C=O) groups is 3. The summed E-state index contributed by atoms with van der Waals surface area (Å²) in [5.74, 6) is -1.60. The summed E-state index contributed by atoms with van der Waals surface area (Å²) in [5.41, 5.74) is 0. The number of carboxylic acids is 1. The molecule has 0 fully saturated rings. The van der Waals surface area contributed by atoms with E-state index in [1.54, 1.807) is 12.2 Å². The summed E-state index contributed by atoms with van der Waals surface area (Å²) >= 11 is 0. The first-order valence-corrected chi connectivity index (χ1v) is 6.06. The van der Waals surface area contributed by atoms with E-state index in [2.05, 4.69) is 0 Å². The quantitative estimate of drug-likeness (QED) is 0.608. The van der Waals surface area contributed by atoms with E-state index < -0.39 is 18.2 Å². The second-order valence-corrected chi connectivity index (χ2v) is 4.16. The van der Waals surface area contributed by atoms with E-state index in [-0.39, 0.29) is 24.6 Å².